The van der Waals surface area contributed by atoms with Crippen molar-refractivity contribution >= 4 is 34.7 Å². The van der Waals surface area contributed by atoms with Crippen LogP contribution in [0.5, 0.6) is 0 Å². The summed E-state index contributed by atoms with van der Waals surface area (Å²) in [6, 6.07) is 16.9. The van der Waals surface area contributed by atoms with Crippen molar-refractivity contribution in [2.24, 2.45) is 0 Å². The first-order chi connectivity index (χ1) is 12.6. The van der Waals surface area contributed by atoms with Gasteiger partial charge in [-0.3, -0.25) is 4.79 Å². The number of benzene rings is 2. The number of nitrogens with zero attached hydrogens (tertiary/aromatic N) is 2. The Labute approximate surface area is 157 Å². The molecule has 0 amide bonds. The molecule has 0 bridgehead atoms. The van der Waals surface area contributed by atoms with Gasteiger partial charge in [-0.2, -0.15) is 0 Å². The molecule has 0 aliphatic carbocycles. The highest BCUT2D eigenvalue weighted by Gasteiger charge is 2.02. The molecule has 3 aromatic rings. The Balaban J connectivity index is 1.57. The summed E-state index contributed by atoms with van der Waals surface area (Å²) in [7, 11) is 0. The molecule has 2 N–H and O–H groups in total. The summed E-state index contributed by atoms with van der Waals surface area (Å²) >= 11 is 5.89. The molecule has 132 valence electrons. The first-order valence-corrected chi connectivity index (χ1v) is 8.66. The number of carbonyl (C=O) groups excluding carboxylic acids is 1. The van der Waals surface area contributed by atoms with Crippen LogP contribution in [0.2, 0.25) is 5.02 Å². The highest BCUT2D eigenvalue weighted by molar-refractivity contribution is 6.30. The SMILES string of the molecule is CC(=O)c1ccc(Nc2cc(NCCc3ccc(Cl)cc3)ncn2)cc1. The van der Waals surface area contributed by atoms with E-state index in [-0.39, 0.29) is 5.78 Å². The molecule has 6 heteroatoms. The first kappa shape index (κ1) is 17.9. The molecule has 1 heterocycles. The number of halogens is 1. The van der Waals surface area contributed by atoms with Crippen LogP contribution >= 0.6 is 11.6 Å². The van der Waals surface area contributed by atoms with Crippen LogP contribution in [0.25, 0.3) is 0 Å². The highest BCUT2D eigenvalue weighted by Crippen LogP contribution is 2.17. The maximum atomic E-state index is 11.3. The van der Waals surface area contributed by atoms with Crippen LogP contribution in [-0.2, 0) is 6.42 Å². The zero-order chi connectivity index (χ0) is 18.4. The van der Waals surface area contributed by atoms with Crippen LogP contribution < -0.4 is 10.6 Å². The summed E-state index contributed by atoms with van der Waals surface area (Å²) in [5.74, 6) is 1.48. The van der Waals surface area contributed by atoms with Crippen molar-refractivity contribution in [3.63, 3.8) is 0 Å². The van der Waals surface area contributed by atoms with Crippen LogP contribution in [0.4, 0.5) is 17.3 Å². The van der Waals surface area contributed by atoms with E-state index in [1.807, 2.05) is 42.5 Å². The lowest BCUT2D eigenvalue weighted by Gasteiger charge is -2.09. The Hall–Kier alpha value is -2.92. The fourth-order valence-electron chi connectivity index (χ4n) is 2.44. The van der Waals surface area contributed by atoms with E-state index in [9.17, 15) is 4.79 Å². The van der Waals surface area contributed by atoms with Crippen LogP contribution in [0.3, 0.4) is 0 Å². The largest absolute Gasteiger partial charge is 0.370 e. The molecule has 0 saturated heterocycles. The third-order valence-corrected chi connectivity index (χ3v) is 4.12. The van der Waals surface area contributed by atoms with Gasteiger partial charge in [0.05, 0.1) is 0 Å². The van der Waals surface area contributed by atoms with E-state index in [0.717, 1.165) is 29.5 Å². The van der Waals surface area contributed by atoms with Crippen molar-refractivity contribution in [1.82, 2.24) is 9.97 Å². The van der Waals surface area contributed by atoms with Gasteiger partial charge in [-0.15, -0.1) is 0 Å². The average molecular weight is 367 g/mol. The number of aromatic nitrogens is 2. The predicted molar refractivity (Wildman–Crippen MR) is 105 cm³/mol. The maximum Gasteiger partial charge on any atom is 0.159 e. The highest BCUT2D eigenvalue weighted by atomic mass is 35.5. The monoisotopic (exact) mass is 366 g/mol. The molecule has 0 aliphatic rings. The summed E-state index contributed by atoms with van der Waals surface area (Å²) in [5, 5.41) is 7.24. The Morgan fingerprint density at radius 2 is 1.69 bits per heavy atom. The fraction of sp³-hybridized carbons (Fsp3) is 0.150. The normalized spacial score (nSPS) is 10.4. The zero-order valence-corrected chi connectivity index (χ0v) is 15.1. The quantitative estimate of drug-likeness (QED) is 0.591. The van der Waals surface area contributed by atoms with E-state index >= 15 is 0 Å². The minimum atomic E-state index is 0.0470. The van der Waals surface area contributed by atoms with Crippen molar-refractivity contribution in [3.05, 3.63) is 77.1 Å². The Morgan fingerprint density at radius 3 is 2.38 bits per heavy atom. The first-order valence-electron chi connectivity index (χ1n) is 8.28. The molecule has 3 rings (SSSR count). The third kappa shape index (κ3) is 5.04. The van der Waals surface area contributed by atoms with Gasteiger partial charge in [-0.05, 0) is 55.3 Å². The smallest absolute Gasteiger partial charge is 0.159 e. The van der Waals surface area contributed by atoms with Crippen LogP contribution in [0.15, 0.2) is 60.9 Å². The number of rotatable bonds is 7. The molecule has 26 heavy (non-hydrogen) atoms. The Bertz CT molecular complexity index is 879. The van der Waals surface area contributed by atoms with E-state index in [1.165, 1.54) is 11.9 Å². The molecular weight excluding hydrogens is 348 g/mol. The molecule has 1 aromatic heterocycles. The van der Waals surface area contributed by atoms with E-state index in [0.29, 0.717) is 11.4 Å². The van der Waals surface area contributed by atoms with Crippen molar-refractivity contribution in [2.45, 2.75) is 13.3 Å². The topological polar surface area (TPSA) is 66.9 Å². The van der Waals surface area contributed by atoms with Gasteiger partial charge >= 0.3 is 0 Å². The second kappa shape index (κ2) is 8.45. The van der Waals surface area contributed by atoms with Gasteiger partial charge in [0.15, 0.2) is 5.78 Å². The summed E-state index contributed by atoms with van der Waals surface area (Å²) in [5.41, 5.74) is 2.75. The number of hydrogen-bond donors (Lipinski definition) is 2. The molecule has 0 unspecified atom stereocenters. The lowest BCUT2D eigenvalue weighted by atomic mass is 10.1. The molecule has 0 atom stereocenters. The predicted octanol–water partition coefficient (Wildman–Crippen LogP) is 4.73. The Morgan fingerprint density at radius 1 is 1.00 bits per heavy atom. The maximum absolute atomic E-state index is 11.3. The van der Waals surface area contributed by atoms with Gasteiger partial charge in [0, 0.05) is 28.9 Å². The Kier molecular flexibility index (Phi) is 5.81. The molecular formula is C20H19ClN4O. The summed E-state index contributed by atoms with van der Waals surface area (Å²) in [6.45, 7) is 2.31. The molecule has 0 spiro atoms. The van der Waals surface area contributed by atoms with E-state index in [2.05, 4.69) is 20.6 Å². The number of nitrogens with one attached hydrogen (secondary N) is 2. The van der Waals surface area contributed by atoms with Gasteiger partial charge in [-0.25, -0.2) is 9.97 Å². The number of carbonyl (C=O) groups is 1. The molecule has 0 radical (unpaired) electrons. The van der Waals surface area contributed by atoms with E-state index < -0.39 is 0 Å². The summed E-state index contributed by atoms with van der Waals surface area (Å²) < 4.78 is 0. The minimum absolute atomic E-state index is 0.0470. The van der Waals surface area contributed by atoms with Gasteiger partial charge < -0.3 is 10.6 Å². The number of Topliss-reactive ketones (excluding diaryl/α,β-unsaturated/α-hetero) is 1. The van der Waals surface area contributed by atoms with Crippen LogP contribution in [0, 0.1) is 0 Å². The van der Waals surface area contributed by atoms with Crippen molar-refractivity contribution < 1.29 is 4.79 Å². The lowest BCUT2D eigenvalue weighted by molar-refractivity contribution is 0.101. The minimum Gasteiger partial charge on any atom is -0.370 e. The molecule has 0 saturated carbocycles. The standard InChI is InChI=1S/C20H19ClN4O/c1-14(26)16-4-8-18(9-5-16)25-20-12-19(23-13-24-20)22-11-10-15-2-6-17(21)7-3-15/h2-9,12-13H,10-11H2,1H3,(H2,22,23,24,25). The number of ketones is 1. The lowest BCUT2D eigenvalue weighted by Crippen LogP contribution is -2.07. The van der Waals surface area contributed by atoms with Crippen molar-refractivity contribution in [3.8, 4) is 0 Å². The number of anilines is 3. The van der Waals surface area contributed by atoms with E-state index in [1.54, 1.807) is 19.1 Å². The van der Waals surface area contributed by atoms with Gasteiger partial charge in [0.1, 0.15) is 18.0 Å². The van der Waals surface area contributed by atoms with Gasteiger partial charge in [-0.1, -0.05) is 23.7 Å². The molecule has 0 fully saturated rings. The molecule has 0 aliphatic heterocycles. The average Bonchev–Trinajstić information content (AvgIpc) is 2.64. The van der Waals surface area contributed by atoms with Crippen LogP contribution in [0.1, 0.15) is 22.8 Å². The van der Waals surface area contributed by atoms with Crippen molar-refractivity contribution in [2.75, 3.05) is 17.2 Å². The van der Waals surface area contributed by atoms with Gasteiger partial charge in [0.25, 0.3) is 0 Å². The zero-order valence-electron chi connectivity index (χ0n) is 14.4. The number of hydrogen-bond acceptors (Lipinski definition) is 5. The van der Waals surface area contributed by atoms with Crippen molar-refractivity contribution in [1.29, 1.82) is 0 Å². The molecule has 5 nitrogen and oxygen atoms in total. The molecule has 2 aromatic carbocycles. The fourth-order valence-corrected chi connectivity index (χ4v) is 2.57. The second-order valence-electron chi connectivity index (χ2n) is 5.85. The van der Waals surface area contributed by atoms with E-state index in [4.69, 9.17) is 11.6 Å². The van der Waals surface area contributed by atoms with Gasteiger partial charge in [0.2, 0.25) is 0 Å². The van der Waals surface area contributed by atoms with Crippen LogP contribution in [-0.4, -0.2) is 22.3 Å². The third-order valence-electron chi connectivity index (χ3n) is 3.86. The summed E-state index contributed by atoms with van der Waals surface area (Å²) in [6.07, 6.45) is 2.38. The summed E-state index contributed by atoms with van der Waals surface area (Å²) in [4.78, 5) is 19.8. The second-order valence-corrected chi connectivity index (χ2v) is 6.29.